The Bertz CT molecular complexity index is 185. The highest BCUT2D eigenvalue weighted by molar-refractivity contribution is 5.77. The number of hydrogen-bond donors (Lipinski definition) is 2. The lowest BCUT2D eigenvalue weighted by Gasteiger charge is -2.26. The Morgan fingerprint density at radius 2 is 1.92 bits per heavy atom. The van der Waals surface area contributed by atoms with Gasteiger partial charge in [0.1, 0.15) is 0 Å². The second kappa shape index (κ2) is 3.05. The molecule has 2 rings (SSSR count). The van der Waals surface area contributed by atoms with Crippen LogP contribution in [0.1, 0.15) is 32.1 Å². The first-order valence-corrected chi connectivity index (χ1v) is 4.83. The van der Waals surface area contributed by atoms with Crippen LogP contribution in [0.5, 0.6) is 0 Å². The number of carbonyl (C=O) groups excluding carboxylic acids is 1. The van der Waals surface area contributed by atoms with Crippen molar-refractivity contribution in [2.24, 2.45) is 0 Å². The average molecular weight is 168 g/mol. The van der Waals surface area contributed by atoms with Crippen LogP contribution in [0.3, 0.4) is 0 Å². The van der Waals surface area contributed by atoms with Gasteiger partial charge in [-0.3, -0.25) is 4.79 Å². The van der Waals surface area contributed by atoms with Gasteiger partial charge in [0, 0.05) is 25.0 Å². The predicted molar refractivity (Wildman–Crippen MR) is 46.8 cm³/mol. The molecule has 1 aliphatic carbocycles. The summed E-state index contributed by atoms with van der Waals surface area (Å²) in [5.74, 6) is 0.224. The molecule has 1 aliphatic heterocycles. The zero-order valence-corrected chi connectivity index (χ0v) is 7.36. The van der Waals surface area contributed by atoms with E-state index in [0.717, 1.165) is 13.1 Å². The molecule has 2 N–H and O–H groups in total. The summed E-state index contributed by atoms with van der Waals surface area (Å²) in [6.45, 7) is 1.73. The minimum Gasteiger partial charge on any atom is -0.355 e. The van der Waals surface area contributed by atoms with Crippen LogP contribution in [0, 0.1) is 0 Å². The fourth-order valence-electron chi connectivity index (χ4n) is 2.37. The van der Waals surface area contributed by atoms with E-state index in [-0.39, 0.29) is 11.4 Å². The molecule has 0 aromatic carbocycles. The van der Waals surface area contributed by atoms with Gasteiger partial charge < -0.3 is 10.6 Å². The molecule has 0 aromatic rings. The minimum absolute atomic E-state index is 0.167. The highest BCUT2D eigenvalue weighted by Crippen LogP contribution is 2.32. The molecule has 1 heterocycles. The van der Waals surface area contributed by atoms with Crippen molar-refractivity contribution < 1.29 is 4.79 Å². The maximum absolute atomic E-state index is 11.3. The van der Waals surface area contributed by atoms with Gasteiger partial charge in [-0.15, -0.1) is 0 Å². The van der Waals surface area contributed by atoms with E-state index >= 15 is 0 Å². The van der Waals surface area contributed by atoms with Crippen molar-refractivity contribution in [1.82, 2.24) is 10.6 Å². The number of amides is 1. The standard InChI is InChI=1S/C9H16N2O/c12-8-7-9(3-1-2-4-9)11-6-5-10-8/h11H,1-7H2,(H,10,12). The topological polar surface area (TPSA) is 41.1 Å². The lowest BCUT2D eigenvalue weighted by atomic mass is 9.93. The molecular weight excluding hydrogens is 152 g/mol. The summed E-state index contributed by atoms with van der Waals surface area (Å²) in [6, 6.07) is 0. The first-order chi connectivity index (χ1) is 5.81. The molecule has 68 valence electrons. The summed E-state index contributed by atoms with van der Waals surface area (Å²) in [7, 11) is 0. The van der Waals surface area contributed by atoms with Gasteiger partial charge in [0.05, 0.1) is 0 Å². The van der Waals surface area contributed by atoms with Crippen molar-refractivity contribution in [1.29, 1.82) is 0 Å². The van der Waals surface area contributed by atoms with Crippen LogP contribution >= 0.6 is 0 Å². The van der Waals surface area contributed by atoms with Gasteiger partial charge in [0.25, 0.3) is 0 Å². The van der Waals surface area contributed by atoms with E-state index in [4.69, 9.17) is 0 Å². The summed E-state index contributed by atoms with van der Waals surface area (Å²) < 4.78 is 0. The van der Waals surface area contributed by atoms with Crippen LogP contribution in [0.2, 0.25) is 0 Å². The molecule has 3 heteroatoms. The molecule has 0 radical (unpaired) electrons. The molecule has 12 heavy (non-hydrogen) atoms. The highest BCUT2D eigenvalue weighted by atomic mass is 16.1. The average Bonchev–Trinajstić information content (AvgIpc) is 2.39. The van der Waals surface area contributed by atoms with E-state index in [1.807, 2.05) is 0 Å². The van der Waals surface area contributed by atoms with E-state index in [2.05, 4.69) is 10.6 Å². The molecule has 1 spiro atoms. The quantitative estimate of drug-likeness (QED) is 0.550. The normalized spacial score (nSPS) is 28.5. The lowest BCUT2D eigenvalue weighted by Crippen LogP contribution is -2.43. The van der Waals surface area contributed by atoms with Crippen molar-refractivity contribution in [3.8, 4) is 0 Å². The molecule has 2 aliphatic rings. The van der Waals surface area contributed by atoms with E-state index < -0.39 is 0 Å². The Balaban J connectivity index is 2.07. The van der Waals surface area contributed by atoms with Gasteiger partial charge in [-0.05, 0) is 12.8 Å². The van der Waals surface area contributed by atoms with E-state index in [1.54, 1.807) is 0 Å². The Kier molecular flexibility index (Phi) is 2.05. The molecule has 0 atom stereocenters. The van der Waals surface area contributed by atoms with Crippen molar-refractivity contribution in [2.45, 2.75) is 37.6 Å². The summed E-state index contributed by atoms with van der Waals surface area (Å²) >= 11 is 0. The molecule has 3 nitrogen and oxygen atoms in total. The summed E-state index contributed by atoms with van der Waals surface area (Å²) in [5.41, 5.74) is 0.167. The van der Waals surface area contributed by atoms with Gasteiger partial charge in [0.15, 0.2) is 0 Å². The summed E-state index contributed by atoms with van der Waals surface area (Å²) in [6.07, 6.45) is 5.61. The minimum atomic E-state index is 0.167. The van der Waals surface area contributed by atoms with Gasteiger partial charge in [0.2, 0.25) is 5.91 Å². The van der Waals surface area contributed by atoms with Crippen LogP contribution in [0.4, 0.5) is 0 Å². The van der Waals surface area contributed by atoms with Crippen molar-refractivity contribution in [2.75, 3.05) is 13.1 Å². The molecule has 0 unspecified atom stereocenters. The molecule has 0 bridgehead atoms. The van der Waals surface area contributed by atoms with Gasteiger partial charge in [-0.1, -0.05) is 12.8 Å². The van der Waals surface area contributed by atoms with Crippen molar-refractivity contribution >= 4 is 5.91 Å². The van der Waals surface area contributed by atoms with Crippen LogP contribution in [-0.4, -0.2) is 24.5 Å². The first kappa shape index (κ1) is 8.05. The fraction of sp³-hybridized carbons (Fsp3) is 0.889. The Morgan fingerprint density at radius 1 is 1.17 bits per heavy atom. The van der Waals surface area contributed by atoms with Crippen molar-refractivity contribution in [3.05, 3.63) is 0 Å². The molecule has 1 saturated carbocycles. The van der Waals surface area contributed by atoms with E-state index in [9.17, 15) is 4.79 Å². The van der Waals surface area contributed by atoms with Crippen LogP contribution in [0.25, 0.3) is 0 Å². The molecule has 2 fully saturated rings. The third kappa shape index (κ3) is 1.46. The summed E-state index contributed by atoms with van der Waals surface area (Å²) in [5, 5.41) is 6.40. The Morgan fingerprint density at radius 3 is 2.67 bits per heavy atom. The third-order valence-corrected chi connectivity index (χ3v) is 3.01. The zero-order valence-electron chi connectivity index (χ0n) is 7.36. The molecular formula is C9H16N2O. The number of rotatable bonds is 0. The van der Waals surface area contributed by atoms with Crippen LogP contribution in [-0.2, 0) is 4.79 Å². The third-order valence-electron chi connectivity index (χ3n) is 3.01. The molecule has 1 saturated heterocycles. The molecule has 0 aromatic heterocycles. The zero-order chi connectivity index (χ0) is 8.44. The van der Waals surface area contributed by atoms with Crippen LogP contribution in [0.15, 0.2) is 0 Å². The number of hydrogen-bond acceptors (Lipinski definition) is 2. The summed E-state index contributed by atoms with van der Waals surface area (Å²) in [4.78, 5) is 11.3. The first-order valence-electron chi connectivity index (χ1n) is 4.83. The van der Waals surface area contributed by atoms with Gasteiger partial charge in [-0.25, -0.2) is 0 Å². The maximum atomic E-state index is 11.3. The van der Waals surface area contributed by atoms with E-state index in [0.29, 0.717) is 6.42 Å². The van der Waals surface area contributed by atoms with Gasteiger partial charge in [-0.2, -0.15) is 0 Å². The highest BCUT2D eigenvalue weighted by Gasteiger charge is 2.36. The lowest BCUT2D eigenvalue weighted by molar-refractivity contribution is -0.121. The Hall–Kier alpha value is -0.570. The SMILES string of the molecule is O=C1CC2(CCCC2)NCCN1. The van der Waals surface area contributed by atoms with E-state index in [1.165, 1.54) is 25.7 Å². The number of nitrogens with one attached hydrogen (secondary N) is 2. The molecule has 1 amide bonds. The second-order valence-corrected chi connectivity index (χ2v) is 3.94. The fourth-order valence-corrected chi connectivity index (χ4v) is 2.37. The number of carbonyl (C=O) groups is 1. The van der Waals surface area contributed by atoms with Crippen LogP contribution < -0.4 is 10.6 Å². The largest absolute Gasteiger partial charge is 0.355 e. The smallest absolute Gasteiger partial charge is 0.221 e. The van der Waals surface area contributed by atoms with Crippen molar-refractivity contribution in [3.63, 3.8) is 0 Å². The second-order valence-electron chi connectivity index (χ2n) is 3.94. The van der Waals surface area contributed by atoms with Gasteiger partial charge >= 0.3 is 0 Å². The monoisotopic (exact) mass is 168 g/mol. The maximum Gasteiger partial charge on any atom is 0.221 e. The Labute approximate surface area is 72.9 Å². The predicted octanol–water partition coefficient (Wildman–Crippen LogP) is 0.409.